The minimum Gasteiger partial charge on any atom is -0.391 e. The quantitative estimate of drug-likeness (QED) is 0.166. The van der Waals surface area contributed by atoms with Crippen LogP contribution < -0.4 is 0 Å². The molecule has 0 spiro atoms. The molecule has 2 N–H and O–H groups in total. The van der Waals surface area contributed by atoms with Crippen molar-refractivity contribution in [3.63, 3.8) is 0 Å². The van der Waals surface area contributed by atoms with Gasteiger partial charge >= 0.3 is 0 Å². The Morgan fingerprint density at radius 1 is 0.746 bits per heavy atom. The highest BCUT2D eigenvalue weighted by atomic mass is 28.4. The molecule has 13 atom stereocenters. The highest BCUT2D eigenvalue weighted by Crippen LogP contribution is 2.43. The van der Waals surface area contributed by atoms with Crippen LogP contribution in [0.1, 0.15) is 57.6 Å². The first-order valence-electron chi connectivity index (χ1n) is 20.6. The van der Waals surface area contributed by atoms with Gasteiger partial charge in [-0.2, -0.15) is 0 Å². The van der Waals surface area contributed by atoms with Crippen molar-refractivity contribution in [3.8, 4) is 0 Å². The number of rotatable bonds is 13. The Kier molecular flexibility index (Phi) is 13.6. The summed E-state index contributed by atoms with van der Waals surface area (Å²) in [5.41, 5.74) is 2.54. The van der Waals surface area contributed by atoms with Gasteiger partial charge < -0.3 is 47.8 Å². The van der Waals surface area contributed by atoms with Crippen molar-refractivity contribution in [1.29, 1.82) is 0 Å². The first-order chi connectivity index (χ1) is 28.1. The SMILES string of the molecule is CC1C(=O)N([C@H]2[C@H](O[Si](C)(C)C(C)(C)C)O[C@H](COCc3ccccc3)[C@@H](O[C@@H]3O[C@@H]4COC(c5ccccc5)O[C@@H]4[C@H](O)[C@H]3O)[C@@H]2OCc2ccccc2)C(=O)C1C. The average molecular weight is 834 g/mol. The molecule has 7 rings (SSSR count). The number of amides is 2. The van der Waals surface area contributed by atoms with E-state index in [4.69, 9.17) is 37.6 Å². The second kappa shape index (κ2) is 18.3. The van der Waals surface area contributed by atoms with E-state index in [0.29, 0.717) is 0 Å². The second-order valence-corrected chi connectivity index (χ2v) is 22.4. The molecular formula is C45H59NO12Si. The normalized spacial score (nSPS) is 34.2. The van der Waals surface area contributed by atoms with Crippen molar-refractivity contribution in [1.82, 2.24) is 4.90 Å². The molecule has 4 aliphatic rings. The van der Waals surface area contributed by atoms with E-state index >= 15 is 0 Å². The van der Waals surface area contributed by atoms with Crippen LogP contribution >= 0.6 is 0 Å². The van der Waals surface area contributed by atoms with Crippen molar-refractivity contribution in [2.24, 2.45) is 11.8 Å². The largest absolute Gasteiger partial charge is 0.391 e. The number of imide groups is 1. The summed E-state index contributed by atoms with van der Waals surface area (Å²) in [7, 11) is -2.66. The molecule has 59 heavy (non-hydrogen) atoms. The molecule has 4 heterocycles. The smallest absolute Gasteiger partial charge is 0.233 e. The van der Waals surface area contributed by atoms with Crippen LogP contribution in [0.25, 0.3) is 0 Å². The Hall–Kier alpha value is -3.38. The molecule has 0 saturated carbocycles. The average Bonchev–Trinajstić information content (AvgIpc) is 3.41. The lowest BCUT2D eigenvalue weighted by atomic mass is 9.94. The summed E-state index contributed by atoms with van der Waals surface area (Å²) in [5, 5.41) is 23.0. The third-order valence-electron chi connectivity index (χ3n) is 12.5. The minimum absolute atomic E-state index is 0.0219. The van der Waals surface area contributed by atoms with Gasteiger partial charge in [-0.05, 0) is 29.3 Å². The van der Waals surface area contributed by atoms with Gasteiger partial charge in [0.15, 0.2) is 27.2 Å². The maximum atomic E-state index is 14.2. The number of likely N-dealkylation sites (tertiary alicyclic amines) is 1. The lowest BCUT2D eigenvalue weighted by molar-refractivity contribution is -0.382. The van der Waals surface area contributed by atoms with Gasteiger partial charge in [-0.3, -0.25) is 14.5 Å². The number of carbonyl (C=O) groups is 2. The summed E-state index contributed by atoms with van der Waals surface area (Å²) >= 11 is 0. The summed E-state index contributed by atoms with van der Waals surface area (Å²) in [5.74, 6) is -1.94. The van der Waals surface area contributed by atoms with Gasteiger partial charge in [0, 0.05) is 17.4 Å². The first-order valence-corrected chi connectivity index (χ1v) is 23.5. The Labute approximate surface area is 347 Å². The number of hydrogen-bond acceptors (Lipinski definition) is 12. The van der Waals surface area contributed by atoms with Crippen LogP contribution in [-0.2, 0) is 60.4 Å². The lowest BCUT2D eigenvalue weighted by Gasteiger charge is -2.53. The first kappa shape index (κ1) is 43.7. The lowest BCUT2D eigenvalue weighted by Crippen LogP contribution is -2.70. The highest BCUT2D eigenvalue weighted by molar-refractivity contribution is 6.74. The molecule has 320 valence electrons. The molecule has 0 aromatic heterocycles. The van der Waals surface area contributed by atoms with Crippen molar-refractivity contribution < 1.29 is 57.4 Å². The summed E-state index contributed by atoms with van der Waals surface area (Å²) in [4.78, 5) is 29.6. The molecule has 2 amide bonds. The zero-order valence-electron chi connectivity index (χ0n) is 34.9. The predicted molar refractivity (Wildman–Crippen MR) is 218 cm³/mol. The standard InChI is InChI=1S/C45H59NO12Si/c1-27-28(2)41(50)46(40(27)49)34-39(52-24-30-19-13-9-14-20-30)38(32(25-51-23-29-17-11-8-12-18-29)54-43(34)58-59(6,7)45(3,4)5)57-44-36(48)35(47)37-33(55-44)26-53-42(56-37)31-21-15-10-16-22-31/h8-22,27-28,32-39,42-44,47-48H,23-26H2,1-7H3/t27?,28?,32-,33-,34-,35-,36-,37+,38-,39-,42?,43+,44+/m1/s1. The van der Waals surface area contributed by atoms with E-state index in [-0.39, 0.29) is 43.3 Å². The third kappa shape index (κ3) is 9.43. The van der Waals surface area contributed by atoms with Gasteiger partial charge in [0.2, 0.25) is 11.8 Å². The Balaban J connectivity index is 1.26. The third-order valence-corrected chi connectivity index (χ3v) is 16.9. The molecule has 14 heteroatoms. The van der Waals surface area contributed by atoms with Crippen molar-refractivity contribution in [2.75, 3.05) is 13.2 Å². The fraction of sp³-hybridized carbons (Fsp3) is 0.556. The number of hydrogen-bond donors (Lipinski definition) is 2. The monoisotopic (exact) mass is 833 g/mol. The zero-order valence-corrected chi connectivity index (χ0v) is 35.9. The second-order valence-electron chi connectivity index (χ2n) is 17.6. The van der Waals surface area contributed by atoms with Gasteiger partial charge in [-0.25, -0.2) is 0 Å². The van der Waals surface area contributed by atoms with Crippen LogP contribution in [0.2, 0.25) is 18.1 Å². The number of ether oxygens (including phenoxy) is 7. The topological polar surface area (TPSA) is 152 Å². The summed E-state index contributed by atoms with van der Waals surface area (Å²) in [6.07, 6.45) is -11.2. The number of carbonyl (C=O) groups excluding carboxylic acids is 2. The fourth-order valence-corrected chi connectivity index (χ4v) is 8.87. The van der Waals surface area contributed by atoms with Crippen molar-refractivity contribution in [2.45, 2.75) is 134 Å². The number of aliphatic hydroxyl groups is 2. The maximum absolute atomic E-state index is 14.2. The van der Waals surface area contributed by atoms with Gasteiger partial charge in [0.25, 0.3) is 0 Å². The summed E-state index contributed by atoms with van der Waals surface area (Å²) in [6.45, 7) is 14.3. The molecule has 0 radical (unpaired) electrons. The van der Waals surface area contributed by atoms with E-state index in [1.54, 1.807) is 13.8 Å². The molecule has 3 aromatic carbocycles. The van der Waals surface area contributed by atoms with Gasteiger partial charge in [-0.1, -0.05) is 126 Å². The number of fused-ring (bicyclic) bond motifs is 1. The number of aliphatic hydroxyl groups excluding tert-OH is 2. The summed E-state index contributed by atoms with van der Waals surface area (Å²) in [6, 6.07) is 27.4. The van der Waals surface area contributed by atoms with Crippen LogP contribution in [-0.4, -0.2) is 110 Å². The van der Waals surface area contributed by atoms with Crippen LogP contribution in [0.15, 0.2) is 91.0 Å². The molecule has 4 saturated heterocycles. The van der Waals surface area contributed by atoms with Gasteiger partial charge in [0.1, 0.15) is 48.8 Å². The van der Waals surface area contributed by atoms with Crippen LogP contribution in [0.3, 0.4) is 0 Å². The molecular weight excluding hydrogens is 775 g/mol. The van der Waals surface area contributed by atoms with E-state index in [1.165, 1.54) is 4.90 Å². The van der Waals surface area contributed by atoms with Crippen LogP contribution in [0, 0.1) is 11.8 Å². The highest BCUT2D eigenvalue weighted by Gasteiger charge is 2.60. The molecule has 4 aliphatic heterocycles. The van der Waals surface area contributed by atoms with Crippen LogP contribution in [0.5, 0.6) is 0 Å². The zero-order chi connectivity index (χ0) is 42.1. The molecule has 3 unspecified atom stereocenters. The van der Waals surface area contributed by atoms with Crippen molar-refractivity contribution in [3.05, 3.63) is 108 Å². The van der Waals surface area contributed by atoms with Gasteiger partial charge in [-0.15, -0.1) is 0 Å². The van der Waals surface area contributed by atoms with Crippen molar-refractivity contribution >= 4 is 20.1 Å². The number of benzene rings is 3. The van der Waals surface area contributed by atoms with Gasteiger partial charge in [0.05, 0.1) is 26.4 Å². The Morgan fingerprint density at radius 3 is 1.92 bits per heavy atom. The maximum Gasteiger partial charge on any atom is 0.233 e. The molecule has 3 aromatic rings. The fourth-order valence-electron chi connectivity index (χ4n) is 7.74. The van der Waals surface area contributed by atoms with E-state index in [0.717, 1.165) is 16.7 Å². The minimum atomic E-state index is -2.66. The summed E-state index contributed by atoms with van der Waals surface area (Å²) < 4.78 is 52.5. The van der Waals surface area contributed by atoms with E-state index in [1.807, 2.05) is 91.0 Å². The molecule has 0 bridgehead atoms. The molecule has 4 fully saturated rings. The van der Waals surface area contributed by atoms with E-state index in [9.17, 15) is 19.8 Å². The van der Waals surface area contributed by atoms with E-state index < -0.39 is 87.8 Å². The Morgan fingerprint density at radius 2 is 1.32 bits per heavy atom. The number of nitrogens with zero attached hydrogens (tertiary/aromatic N) is 1. The van der Waals surface area contributed by atoms with E-state index in [2.05, 4.69) is 33.9 Å². The van der Waals surface area contributed by atoms with Crippen LogP contribution in [0.4, 0.5) is 0 Å². The molecule has 0 aliphatic carbocycles. The molecule has 13 nitrogen and oxygen atoms in total. The Bertz CT molecular complexity index is 1830. The predicted octanol–water partition coefficient (Wildman–Crippen LogP) is 5.49.